The molecule has 1 heterocycles. The second-order valence-electron chi connectivity index (χ2n) is 5.48. The van der Waals surface area contributed by atoms with Crippen molar-refractivity contribution in [2.75, 3.05) is 14.2 Å². The zero-order valence-electron chi connectivity index (χ0n) is 13.8. The number of amides is 1. The molecule has 1 atom stereocenters. The van der Waals surface area contributed by atoms with E-state index in [0.717, 1.165) is 0 Å². The van der Waals surface area contributed by atoms with Crippen LogP contribution in [0, 0.1) is 0 Å². The Hall–Kier alpha value is -3.28. The molecule has 1 aliphatic rings. The van der Waals surface area contributed by atoms with Gasteiger partial charge in [-0.1, -0.05) is 36.4 Å². The van der Waals surface area contributed by atoms with E-state index in [1.807, 2.05) is 0 Å². The molecule has 6 nitrogen and oxygen atoms in total. The van der Waals surface area contributed by atoms with Crippen molar-refractivity contribution < 1.29 is 24.2 Å². The molecule has 1 amide bonds. The van der Waals surface area contributed by atoms with Gasteiger partial charge in [0.15, 0.2) is 11.5 Å². The third-order valence-corrected chi connectivity index (χ3v) is 4.06. The summed E-state index contributed by atoms with van der Waals surface area (Å²) in [7, 11) is 3.02. The first-order valence-electron chi connectivity index (χ1n) is 7.62. The number of aliphatic hydroxyl groups excluding tert-OH is 1. The van der Waals surface area contributed by atoms with Gasteiger partial charge >= 0.3 is 0 Å². The molecule has 6 heteroatoms. The van der Waals surface area contributed by atoms with Gasteiger partial charge in [0.2, 0.25) is 0 Å². The van der Waals surface area contributed by atoms with E-state index < -0.39 is 17.7 Å². The number of ketones is 1. The van der Waals surface area contributed by atoms with Gasteiger partial charge in [-0.2, -0.15) is 0 Å². The van der Waals surface area contributed by atoms with E-state index >= 15 is 0 Å². The highest BCUT2D eigenvalue weighted by atomic mass is 16.5. The standard InChI is InChI=1S/C19H17NO5/c1-24-13-9-8-12(10-14(13)25-2)16-15(18(22)19(23)20-16)17(21)11-6-4-3-5-7-11/h3-10,16,21H,1-2H3,(H,20,23)/b17-15+/t16-/m1/s1. The van der Waals surface area contributed by atoms with Crippen LogP contribution in [-0.4, -0.2) is 31.0 Å². The molecule has 0 spiro atoms. The fourth-order valence-electron chi connectivity index (χ4n) is 2.80. The van der Waals surface area contributed by atoms with Gasteiger partial charge in [-0.25, -0.2) is 0 Å². The van der Waals surface area contributed by atoms with Crippen molar-refractivity contribution in [2.24, 2.45) is 0 Å². The molecule has 0 saturated carbocycles. The lowest BCUT2D eigenvalue weighted by Crippen LogP contribution is -2.21. The number of rotatable bonds is 4. The van der Waals surface area contributed by atoms with Crippen molar-refractivity contribution in [1.82, 2.24) is 5.32 Å². The predicted molar refractivity (Wildman–Crippen MR) is 91.4 cm³/mol. The number of methoxy groups -OCH3 is 2. The highest BCUT2D eigenvalue weighted by Gasteiger charge is 2.39. The largest absolute Gasteiger partial charge is 0.507 e. The highest BCUT2D eigenvalue weighted by molar-refractivity contribution is 6.46. The van der Waals surface area contributed by atoms with E-state index in [-0.39, 0.29) is 11.3 Å². The summed E-state index contributed by atoms with van der Waals surface area (Å²) in [5.41, 5.74) is 1.09. The number of hydrogen-bond acceptors (Lipinski definition) is 5. The molecular formula is C19H17NO5. The van der Waals surface area contributed by atoms with E-state index in [2.05, 4.69) is 5.32 Å². The van der Waals surface area contributed by atoms with Crippen molar-refractivity contribution in [3.63, 3.8) is 0 Å². The number of nitrogens with one attached hydrogen (secondary N) is 1. The summed E-state index contributed by atoms with van der Waals surface area (Å²) < 4.78 is 10.5. The van der Waals surface area contributed by atoms with Crippen LogP contribution in [-0.2, 0) is 9.59 Å². The average Bonchev–Trinajstić information content (AvgIpc) is 2.96. The third kappa shape index (κ3) is 2.94. The van der Waals surface area contributed by atoms with Crippen LogP contribution in [0.4, 0.5) is 0 Å². The number of carbonyl (C=O) groups excluding carboxylic acids is 2. The summed E-state index contributed by atoms with van der Waals surface area (Å²) in [6.45, 7) is 0. The van der Waals surface area contributed by atoms with Gasteiger partial charge in [-0.05, 0) is 17.7 Å². The van der Waals surface area contributed by atoms with E-state index in [9.17, 15) is 14.7 Å². The number of aliphatic hydroxyl groups is 1. The fourth-order valence-corrected chi connectivity index (χ4v) is 2.80. The van der Waals surface area contributed by atoms with E-state index in [1.165, 1.54) is 14.2 Å². The first-order chi connectivity index (χ1) is 12.1. The van der Waals surface area contributed by atoms with Gasteiger partial charge in [-0.15, -0.1) is 0 Å². The Morgan fingerprint density at radius 1 is 1.00 bits per heavy atom. The van der Waals surface area contributed by atoms with Gasteiger partial charge in [0.1, 0.15) is 5.76 Å². The van der Waals surface area contributed by atoms with Crippen LogP contribution in [0.3, 0.4) is 0 Å². The minimum absolute atomic E-state index is 0.0171. The van der Waals surface area contributed by atoms with Crippen LogP contribution in [0.25, 0.3) is 5.76 Å². The molecule has 2 aromatic carbocycles. The Balaban J connectivity index is 2.11. The molecule has 128 valence electrons. The fraction of sp³-hybridized carbons (Fsp3) is 0.158. The Morgan fingerprint density at radius 2 is 1.68 bits per heavy atom. The molecule has 2 aromatic rings. The summed E-state index contributed by atoms with van der Waals surface area (Å²) in [6.07, 6.45) is 0. The van der Waals surface area contributed by atoms with Crippen LogP contribution in [0.2, 0.25) is 0 Å². The monoisotopic (exact) mass is 339 g/mol. The molecule has 0 aliphatic carbocycles. The van der Waals surface area contributed by atoms with Gasteiger partial charge < -0.3 is 19.9 Å². The van der Waals surface area contributed by atoms with Gasteiger partial charge in [0, 0.05) is 5.56 Å². The van der Waals surface area contributed by atoms with Crippen molar-refractivity contribution >= 4 is 17.4 Å². The summed E-state index contributed by atoms with van der Waals surface area (Å²) in [5.74, 6) is -0.728. The summed E-state index contributed by atoms with van der Waals surface area (Å²) in [5, 5.41) is 13.2. The average molecular weight is 339 g/mol. The van der Waals surface area contributed by atoms with Crippen molar-refractivity contribution in [3.05, 3.63) is 65.2 Å². The lowest BCUT2D eigenvalue weighted by Gasteiger charge is -2.16. The molecule has 2 N–H and O–H groups in total. The number of ether oxygens (including phenoxy) is 2. The van der Waals surface area contributed by atoms with E-state index in [0.29, 0.717) is 22.6 Å². The molecule has 25 heavy (non-hydrogen) atoms. The first kappa shape index (κ1) is 16.6. The molecule has 0 bridgehead atoms. The SMILES string of the molecule is COc1ccc([C@H]2NC(=O)C(=O)/C2=C(/O)c2ccccc2)cc1OC. The lowest BCUT2D eigenvalue weighted by molar-refractivity contribution is -0.133. The van der Waals surface area contributed by atoms with Crippen LogP contribution in [0.5, 0.6) is 11.5 Å². The quantitative estimate of drug-likeness (QED) is 0.508. The first-order valence-corrected chi connectivity index (χ1v) is 7.62. The normalized spacial score (nSPS) is 18.7. The second-order valence-corrected chi connectivity index (χ2v) is 5.48. The number of benzene rings is 2. The van der Waals surface area contributed by atoms with E-state index in [1.54, 1.807) is 48.5 Å². The number of Topliss-reactive ketones (excluding diaryl/α,β-unsaturated/α-hetero) is 1. The smallest absolute Gasteiger partial charge is 0.293 e. The molecule has 3 rings (SSSR count). The molecule has 0 unspecified atom stereocenters. The molecular weight excluding hydrogens is 322 g/mol. The Kier molecular flexibility index (Phi) is 4.43. The lowest BCUT2D eigenvalue weighted by atomic mass is 9.95. The third-order valence-electron chi connectivity index (χ3n) is 4.06. The Labute approximate surface area is 144 Å². The van der Waals surface area contributed by atoms with Gasteiger partial charge in [0.25, 0.3) is 11.7 Å². The number of hydrogen-bond donors (Lipinski definition) is 2. The maximum atomic E-state index is 12.3. The highest BCUT2D eigenvalue weighted by Crippen LogP contribution is 2.36. The maximum Gasteiger partial charge on any atom is 0.293 e. The van der Waals surface area contributed by atoms with Crippen LogP contribution < -0.4 is 14.8 Å². The topological polar surface area (TPSA) is 84.9 Å². The van der Waals surface area contributed by atoms with Crippen molar-refractivity contribution in [3.8, 4) is 11.5 Å². The zero-order chi connectivity index (χ0) is 18.0. The molecule has 0 aromatic heterocycles. The molecule has 1 saturated heterocycles. The molecule has 1 fully saturated rings. The van der Waals surface area contributed by atoms with Crippen LogP contribution in [0.1, 0.15) is 17.2 Å². The Morgan fingerprint density at radius 3 is 2.32 bits per heavy atom. The van der Waals surface area contributed by atoms with Crippen LogP contribution >= 0.6 is 0 Å². The second kappa shape index (κ2) is 6.68. The van der Waals surface area contributed by atoms with Gasteiger partial charge in [-0.3, -0.25) is 9.59 Å². The maximum absolute atomic E-state index is 12.3. The van der Waals surface area contributed by atoms with E-state index in [4.69, 9.17) is 9.47 Å². The Bertz CT molecular complexity index is 857. The predicted octanol–water partition coefficient (Wildman–Crippen LogP) is 2.41. The summed E-state index contributed by atoms with van der Waals surface area (Å²) in [4.78, 5) is 24.2. The zero-order valence-corrected chi connectivity index (χ0v) is 13.8. The van der Waals surface area contributed by atoms with Crippen molar-refractivity contribution in [2.45, 2.75) is 6.04 Å². The minimum atomic E-state index is -0.764. The summed E-state index contributed by atoms with van der Waals surface area (Å²) >= 11 is 0. The van der Waals surface area contributed by atoms with Crippen molar-refractivity contribution in [1.29, 1.82) is 0 Å². The molecule has 0 radical (unpaired) electrons. The minimum Gasteiger partial charge on any atom is -0.507 e. The van der Waals surface area contributed by atoms with Gasteiger partial charge in [0.05, 0.1) is 25.8 Å². The number of carbonyl (C=O) groups is 2. The summed E-state index contributed by atoms with van der Waals surface area (Å²) in [6, 6.07) is 12.9. The molecule has 1 aliphatic heterocycles. The van der Waals surface area contributed by atoms with Crippen LogP contribution in [0.15, 0.2) is 54.1 Å².